The first-order valence-corrected chi connectivity index (χ1v) is 7.49. The van der Waals surface area contributed by atoms with E-state index in [2.05, 4.69) is 10.3 Å². The SMILES string of the molecule is COCCOC(=O)Nc1ccc(B2OC(C)(C)C(C)(C)O2)cn1. The summed E-state index contributed by atoms with van der Waals surface area (Å²) in [5.41, 5.74) is -0.0126. The van der Waals surface area contributed by atoms with Crippen molar-refractivity contribution >= 4 is 24.5 Å². The monoisotopic (exact) mass is 322 g/mol. The summed E-state index contributed by atoms with van der Waals surface area (Å²) >= 11 is 0. The van der Waals surface area contributed by atoms with Crippen LogP contribution in [-0.4, -0.2) is 49.7 Å². The highest BCUT2D eigenvalue weighted by atomic mass is 16.7. The van der Waals surface area contributed by atoms with Crippen LogP contribution in [0.15, 0.2) is 18.3 Å². The summed E-state index contributed by atoms with van der Waals surface area (Å²) in [6.07, 6.45) is 1.05. The minimum Gasteiger partial charge on any atom is -0.447 e. The Morgan fingerprint density at radius 1 is 1.22 bits per heavy atom. The first kappa shape index (κ1) is 17.7. The quantitative estimate of drug-likeness (QED) is 0.655. The number of carbonyl (C=O) groups excluding carboxylic acids is 1. The van der Waals surface area contributed by atoms with Crippen molar-refractivity contribution in [1.82, 2.24) is 4.98 Å². The van der Waals surface area contributed by atoms with Gasteiger partial charge in [0.25, 0.3) is 0 Å². The second kappa shape index (κ2) is 6.86. The van der Waals surface area contributed by atoms with Gasteiger partial charge in [-0.15, -0.1) is 0 Å². The molecule has 1 saturated heterocycles. The van der Waals surface area contributed by atoms with Gasteiger partial charge in [0.15, 0.2) is 0 Å². The third-order valence-electron chi connectivity index (χ3n) is 4.06. The molecule has 1 aliphatic rings. The normalized spacial score (nSPS) is 18.7. The van der Waals surface area contributed by atoms with Gasteiger partial charge in [-0.25, -0.2) is 9.78 Å². The summed E-state index contributed by atoms with van der Waals surface area (Å²) in [5.74, 6) is 0.396. The van der Waals surface area contributed by atoms with Crippen LogP contribution in [0.25, 0.3) is 0 Å². The molecule has 23 heavy (non-hydrogen) atoms. The molecule has 8 heteroatoms. The number of pyridine rings is 1. The van der Waals surface area contributed by atoms with Gasteiger partial charge in [0, 0.05) is 18.8 Å². The highest BCUT2D eigenvalue weighted by molar-refractivity contribution is 6.62. The molecule has 0 spiro atoms. The molecule has 1 fully saturated rings. The molecule has 1 N–H and O–H groups in total. The molecule has 0 unspecified atom stereocenters. The maximum absolute atomic E-state index is 11.5. The first-order valence-electron chi connectivity index (χ1n) is 7.49. The van der Waals surface area contributed by atoms with Gasteiger partial charge in [0.2, 0.25) is 0 Å². The Kier molecular flexibility index (Phi) is 5.28. The van der Waals surface area contributed by atoms with E-state index < -0.39 is 24.4 Å². The summed E-state index contributed by atoms with van der Waals surface area (Å²) in [6.45, 7) is 8.51. The number of carbonyl (C=O) groups is 1. The molecule has 2 rings (SSSR count). The average Bonchev–Trinajstić information content (AvgIpc) is 2.68. The summed E-state index contributed by atoms with van der Waals surface area (Å²) in [5, 5.41) is 2.54. The minimum atomic E-state index is -0.571. The second-order valence-corrected chi connectivity index (χ2v) is 6.32. The Morgan fingerprint density at radius 3 is 2.39 bits per heavy atom. The molecule has 0 aromatic carbocycles. The lowest BCUT2D eigenvalue weighted by molar-refractivity contribution is 0.00578. The summed E-state index contributed by atoms with van der Waals surface area (Å²) < 4.78 is 21.6. The zero-order chi connectivity index (χ0) is 17.1. The Bertz CT molecular complexity index is 531. The molecule has 2 heterocycles. The topological polar surface area (TPSA) is 78.9 Å². The van der Waals surface area contributed by atoms with E-state index in [1.165, 1.54) is 7.11 Å². The molecular weight excluding hydrogens is 299 g/mol. The molecular formula is C15H23BN2O5. The van der Waals surface area contributed by atoms with Gasteiger partial charge in [0.1, 0.15) is 12.4 Å². The van der Waals surface area contributed by atoms with Crippen molar-refractivity contribution in [2.24, 2.45) is 0 Å². The van der Waals surface area contributed by atoms with E-state index in [0.29, 0.717) is 12.4 Å². The summed E-state index contributed by atoms with van der Waals surface area (Å²) in [6, 6.07) is 3.48. The van der Waals surface area contributed by atoms with Gasteiger partial charge in [0.05, 0.1) is 17.8 Å². The summed E-state index contributed by atoms with van der Waals surface area (Å²) in [4.78, 5) is 15.7. The molecule has 0 aliphatic carbocycles. The maximum Gasteiger partial charge on any atom is 0.496 e. The molecule has 1 aromatic rings. The number of methoxy groups -OCH3 is 1. The van der Waals surface area contributed by atoms with E-state index in [0.717, 1.165) is 5.46 Å². The van der Waals surface area contributed by atoms with Gasteiger partial charge in [-0.1, -0.05) is 6.07 Å². The average molecular weight is 322 g/mol. The van der Waals surface area contributed by atoms with Gasteiger partial charge in [-0.05, 0) is 33.8 Å². The van der Waals surface area contributed by atoms with Gasteiger partial charge >= 0.3 is 13.2 Å². The fourth-order valence-corrected chi connectivity index (χ4v) is 1.96. The van der Waals surface area contributed by atoms with Crippen LogP contribution in [0.2, 0.25) is 0 Å². The molecule has 0 bridgehead atoms. The van der Waals surface area contributed by atoms with Gasteiger partial charge in [-0.3, -0.25) is 5.32 Å². The minimum absolute atomic E-state index is 0.189. The number of ether oxygens (including phenoxy) is 2. The highest BCUT2D eigenvalue weighted by Gasteiger charge is 2.51. The van der Waals surface area contributed by atoms with E-state index in [1.807, 2.05) is 27.7 Å². The molecule has 126 valence electrons. The highest BCUT2D eigenvalue weighted by Crippen LogP contribution is 2.36. The number of nitrogens with one attached hydrogen (secondary N) is 1. The zero-order valence-electron chi connectivity index (χ0n) is 14.2. The second-order valence-electron chi connectivity index (χ2n) is 6.32. The van der Waals surface area contributed by atoms with Crippen molar-refractivity contribution in [3.63, 3.8) is 0 Å². The van der Waals surface area contributed by atoms with E-state index in [1.54, 1.807) is 18.3 Å². The molecule has 1 aliphatic heterocycles. The Morgan fingerprint density at radius 2 is 1.87 bits per heavy atom. The van der Waals surface area contributed by atoms with Crippen LogP contribution in [0.5, 0.6) is 0 Å². The third-order valence-corrected chi connectivity index (χ3v) is 4.06. The molecule has 7 nitrogen and oxygen atoms in total. The van der Waals surface area contributed by atoms with Crippen molar-refractivity contribution in [2.45, 2.75) is 38.9 Å². The lowest BCUT2D eigenvalue weighted by Crippen LogP contribution is -2.41. The first-order chi connectivity index (χ1) is 10.7. The van der Waals surface area contributed by atoms with E-state index in [-0.39, 0.29) is 6.61 Å². The van der Waals surface area contributed by atoms with Crippen molar-refractivity contribution < 1.29 is 23.6 Å². The Labute approximate surface area is 136 Å². The molecule has 1 aromatic heterocycles. The van der Waals surface area contributed by atoms with Crippen molar-refractivity contribution in [2.75, 3.05) is 25.6 Å². The smallest absolute Gasteiger partial charge is 0.447 e. The Hall–Kier alpha value is -1.64. The van der Waals surface area contributed by atoms with Crippen LogP contribution in [0, 0.1) is 0 Å². The number of anilines is 1. The standard InChI is InChI=1S/C15H23BN2O5/c1-14(2)15(3,4)23-16(22-14)11-6-7-12(17-10-11)18-13(19)21-9-8-20-5/h6-7,10H,8-9H2,1-5H3,(H,17,18,19). The molecule has 0 atom stereocenters. The van der Waals surface area contributed by atoms with Crippen molar-refractivity contribution in [3.8, 4) is 0 Å². The number of aromatic nitrogens is 1. The fourth-order valence-electron chi connectivity index (χ4n) is 1.96. The Balaban J connectivity index is 1.94. The van der Waals surface area contributed by atoms with E-state index in [9.17, 15) is 4.79 Å². The van der Waals surface area contributed by atoms with Gasteiger partial charge < -0.3 is 18.8 Å². The molecule has 1 amide bonds. The van der Waals surface area contributed by atoms with Crippen LogP contribution in [0.1, 0.15) is 27.7 Å². The lowest BCUT2D eigenvalue weighted by Gasteiger charge is -2.32. The van der Waals surface area contributed by atoms with Crippen molar-refractivity contribution in [3.05, 3.63) is 18.3 Å². The molecule has 0 saturated carbocycles. The van der Waals surface area contributed by atoms with Crippen LogP contribution in [0.3, 0.4) is 0 Å². The van der Waals surface area contributed by atoms with Gasteiger partial charge in [-0.2, -0.15) is 0 Å². The fraction of sp³-hybridized carbons (Fsp3) is 0.600. The predicted octanol–water partition coefficient (Wildman–Crippen LogP) is 1.58. The number of amides is 1. The largest absolute Gasteiger partial charge is 0.496 e. The van der Waals surface area contributed by atoms with Crippen LogP contribution in [-0.2, 0) is 18.8 Å². The van der Waals surface area contributed by atoms with Crippen LogP contribution < -0.4 is 10.8 Å². The number of nitrogens with zero attached hydrogens (tertiary/aromatic N) is 1. The van der Waals surface area contributed by atoms with Crippen molar-refractivity contribution in [1.29, 1.82) is 0 Å². The number of rotatable bonds is 5. The van der Waals surface area contributed by atoms with E-state index in [4.69, 9.17) is 18.8 Å². The third kappa shape index (κ3) is 4.22. The molecule has 0 radical (unpaired) electrons. The lowest BCUT2D eigenvalue weighted by atomic mass is 9.80. The zero-order valence-corrected chi connectivity index (χ0v) is 14.2. The summed E-state index contributed by atoms with van der Waals surface area (Å²) in [7, 11) is 1.06. The van der Waals surface area contributed by atoms with E-state index >= 15 is 0 Å². The van der Waals surface area contributed by atoms with Crippen LogP contribution in [0.4, 0.5) is 10.6 Å². The predicted molar refractivity (Wildman–Crippen MR) is 86.8 cm³/mol. The number of hydrogen-bond donors (Lipinski definition) is 1. The maximum atomic E-state index is 11.5. The van der Waals surface area contributed by atoms with Crippen LogP contribution >= 0.6 is 0 Å². The number of hydrogen-bond acceptors (Lipinski definition) is 6.